The van der Waals surface area contributed by atoms with Gasteiger partial charge in [-0.05, 0) is 30.7 Å². The normalized spacial score (nSPS) is 10.5. The van der Waals surface area contributed by atoms with Gasteiger partial charge in [0.2, 0.25) is 17.8 Å². The molecule has 0 spiro atoms. The standard InChI is InChI=1S/C17H21FN4O2/c1-3-10-19-15(23)8-9-16(24)21-17-20-11-14(22(17)2)12-4-6-13(18)7-5-12/h4-7,11H,3,8-10H2,1-2H3,(H,19,23)(H,20,21,24). The lowest BCUT2D eigenvalue weighted by Gasteiger charge is -2.08. The third-order valence-electron chi connectivity index (χ3n) is 3.53. The van der Waals surface area contributed by atoms with Gasteiger partial charge in [-0.25, -0.2) is 9.37 Å². The highest BCUT2D eigenvalue weighted by Gasteiger charge is 2.12. The number of halogens is 1. The lowest BCUT2D eigenvalue weighted by molar-refractivity contribution is -0.124. The predicted octanol–water partition coefficient (Wildman–Crippen LogP) is 2.47. The number of amides is 2. The maximum Gasteiger partial charge on any atom is 0.227 e. The number of carbonyl (C=O) groups is 2. The molecule has 0 bridgehead atoms. The summed E-state index contributed by atoms with van der Waals surface area (Å²) in [6.07, 6.45) is 2.70. The smallest absolute Gasteiger partial charge is 0.227 e. The zero-order chi connectivity index (χ0) is 17.5. The Morgan fingerprint density at radius 3 is 2.50 bits per heavy atom. The fraction of sp³-hybridized carbons (Fsp3) is 0.353. The van der Waals surface area contributed by atoms with Gasteiger partial charge in [0, 0.05) is 32.0 Å². The molecule has 24 heavy (non-hydrogen) atoms. The molecule has 2 amide bonds. The molecule has 7 heteroatoms. The fourth-order valence-electron chi connectivity index (χ4n) is 2.18. The van der Waals surface area contributed by atoms with Crippen LogP contribution in [-0.4, -0.2) is 27.9 Å². The maximum absolute atomic E-state index is 13.0. The molecule has 2 N–H and O–H groups in total. The van der Waals surface area contributed by atoms with Gasteiger partial charge >= 0.3 is 0 Å². The van der Waals surface area contributed by atoms with Crippen LogP contribution >= 0.6 is 0 Å². The van der Waals surface area contributed by atoms with Crippen molar-refractivity contribution in [3.05, 3.63) is 36.3 Å². The Morgan fingerprint density at radius 1 is 1.17 bits per heavy atom. The summed E-state index contributed by atoms with van der Waals surface area (Å²) in [5.74, 6) is -0.344. The van der Waals surface area contributed by atoms with Gasteiger partial charge in [-0.1, -0.05) is 6.92 Å². The number of nitrogens with one attached hydrogen (secondary N) is 2. The summed E-state index contributed by atoms with van der Waals surface area (Å²) in [4.78, 5) is 27.6. The van der Waals surface area contributed by atoms with Crippen molar-refractivity contribution < 1.29 is 14.0 Å². The third kappa shape index (κ3) is 4.65. The van der Waals surface area contributed by atoms with Gasteiger partial charge in [-0.2, -0.15) is 0 Å². The number of hydrogen-bond donors (Lipinski definition) is 2. The molecule has 0 aliphatic carbocycles. The summed E-state index contributed by atoms with van der Waals surface area (Å²) in [6, 6.07) is 6.04. The lowest BCUT2D eigenvalue weighted by atomic mass is 10.2. The molecular weight excluding hydrogens is 311 g/mol. The largest absolute Gasteiger partial charge is 0.356 e. The van der Waals surface area contributed by atoms with Gasteiger partial charge in [0.25, 0.3) is 0 Å². The number of carbonyl (C=O) groups excluding carboxylic acids is 2. The molecule has 0 saturated carbocycles. The van der Waals surface area contributed by atoms with E-state index in [1.165, 1.54) is 12.1 Å². The number of imidazole rings is 1. The van der Waals surface area contributed by atoms with E-state index in [-0.39, 0.29) is 30.5 Å². The summed E-state index contributed by atoms with van der Waals surface area (Å²) >= 11 is 0. The van der Waals surface area contributed by atoms with Crippen molar-refractivity contribution in [2.45, 2.75) is 26.2 Å². The van der Waals surface area contributed by atoms with E-state index in [4.69, 9.17) is 0 Å². The summed E-state index contributed by atoms with van der Waals surface area (Å²) in [6.45, 7) is 2.58. The van der Waals surface area contributed by atoms with Crippen LogP contribution in [0.3, 0.4) is 0 Å². The quantitative estimate of drug-likeness (QED) is 0.818. The Hall–Kier alpha value is -2.70. The number of nitrogens with zero attached hydrogens (tertiary/aromatic N) is 2. The predicted molar refractivity (Wildman–Crippen MR) is 89.8 cm³/mol. The van der Waals surface area contributed by atoms with Crippen LogP contribution in [0.1, 0.15) is 26.2 Å². The molecule has 2 rings (SSSR count). The van der Waals surface area contributed by atoms with E-state index >= 15 is 0 Å². The monoisotopic (exact) mass is 332 g/mol. The van der Waals surface area contributed by atoms with Gasteiger partial charge < -0.3 is 9.88 Å². The van der Waals surface area contributed by atoms with E-state index in [1.54, 1.807) is 29.9 Å². The molecule has 128 valence electrons. The zero-order valence-electron chi connectivity index (χ0n) is 13.8. The van der Waals surface area contributed by atoms with Crippen LogP contribution in [-0.2, 0) is 16.6 Å². The summed E-state index contributed by atoms with van der Waals surface area (Å²) in [5.41, 5.74) is 1.55. The first kappa shape index (κ1) is 17.7. The molecular formula is C17H21FN4O2. The third-order valence-corrected chi connectivity index (χ3v) is 3.53. The molecule has 2 aromatic rings. The van der Waals surface area contributed by atoms with Crippen LogP contribution in [0.5, 0.6) is 0 Å². The van der Waals surface area contributed by atoms with Crippen LogP contribution in [0, 0.1) is 5.82 Å². The van der Waals surface area contributed by atoms with Gasteiger partial charge in [-0.3, -0.25) is 14.9 Å². The van der Waals surface area contributed by atoms with E-state index in [0.29, 0.717) is 12.5 Å². The van der Waals surface area contributed by atoms with E-state index in [1.807, 2.05) is 6.92 Å². The SMILES string of the molecule is CCCNC(=O)CCC(=O)Nc1ncc(-c2ccc(F)cc2)n1C. The van der Waals surface area contributed by atoms with Gasteiger partial charge in [0.05, 0.1) is 11.9 Å². The minimum Gasteiger partial charge on any atom is -0.356 e. The van der Waals surface area contributed by atoms with Crippen molar-refractivity contribution in [3.63, 3.8) is 0 Å². The van der Waals surface area contributed by atoms with Crippen molar-refractivity contribution in [2.75, 3.05) is 11.9 Å². The van der Waals surface area contributed by atoms with Gasteiger partial charge in [0.15, 0.2) is 0 Å². The Bertz CT molecular complexity index is 710. The van der Waals surface area contributed by atoms with Gasteiger partial charge in [0.1, 0.15) is 5.82 Å². The van der Waals surface area contributed by atoms with Gasteiger partial charge in [-0.15, -0.1) is 0 Å². The van der Waals surface area contributed by atoms with E-state index in [0.717, 1.165) is 17.7 Å². The number of aromatic nitrogens is 2. The minimum atomic E-state index is -0.309. The van der Waals surface area contributed by atoms with Crippen molar-refractivity contribution in [1.29, 1.82) is 0 Å². The summed E-state index contributed by atoms with van der Waals surface area (Å²) < 4.78 is 14.7. The molecule has 0 aliphatic heterocycles. The first-order chi connectivity index (χ1) is 11.5. The Labute approximate surface area is 140 Å². The zero-order valence-corrected chi connectivity index (χ0v) is 13.8. The molecule has 1 heterocycles. The molecule has 1 aromatic carbocycles. The fourth-order valence-corrected chi connectivity index (χ4v) is 2.18. The lowest BCUT2D eigenvalue weighted by Crippen LogP contribution is -2.25. The van der Waals surface area contributed by atoms with E-state index in [9.17, 15) is 14.0 Å². The molecule has 0 atom stereocenters. The van der Waals surface area contributed by atoms with Crippen molar-refractivity contribution in [1.82, 2.24) is 14.9 Å². The van der Waals surface area contributed by atoms with Crippen LogP contribution in [0.25, 0.3) is 11.3 Å². The average molecular weight is 332 g/mol. The van der Waals surface area contributed by atoms with Crippen LogP contribution in [0.2, 0.25) is 0 Å². The maximum atomic E-state index is 13.0. The molecule has 0 saturated heterocycles. The molecule has 0 unspecified atom stereocenters. The number of hydrogen-bond acceptors (Lipinski definition) is 3. The first-order valence-corrected chi connectivity index (χ1v) is 7.85. The van der Waals surface area contributed by atoms with E-state index in [2.05, 4.69) is 15.6 Å². The van der Waals surface area contributed by atoms with Crippen LogP contribution < -0.4 is 10.6 Å². The number of rotatable bonds is 7. The molecule has 0 fully saturated rings. The topological polar surface area (TPSA) is 76.0 Å². The summed E-state index contributed by atoms with van der Waals surface area (Å²) in [5, 5.41) is 5.40. The highest BCUT2D eigenvalue weighted by Crippen LogP contribution is 2.22. The Kier molecular flexibility index (Phi) is 6.06. The number of benzene rings is 1. The van der Waals surface area contributed by atoms with Crippen LogP contribution in [0.4, 0.5) is 10.3 Å². The molecule has 0 radical (unpaired) electrons. The average Bonchev–Trinajstić information content (AvgIpc) is 2.92. The molecule has 0 aliphatic rings. The molecule has 1 aromatic heterocycles. The second kappa shape index (κ2) is 8.24. The Morgan fingerprint density at radius 2 is 1.83 bits per heavy atom. The Balaban J connectivity index is 1.95. The van der Waals surface area contributed by atoms with Crippen molar-refractivity contribution in [2.24, 2.45) is 7.05 Å². The summed E-state index contributed by atoms with van der Waals surface area (Å²) in [7, 11) is 1.76. The highest BCUT2D eigenvalue weighted by molar-refractivity contribution is 5.92. The number of anilines is 1. The van der Waals surface area contributed by atoms with E-state index < -0.39 is 0 Å². The van der Waals surface area contributed by atoms with Crippen molar-refractivity contribution in [3.8, 4) is 11.3 Å². The first-order valence-electron chi connectivity index (χ1n) is 7.85. The van der Waals surface area contributed by atoms with Crippen molar-refractivity contribution >= 4 is 17.8 Å². The highest BCUT2D eigenvalue weighted by atomic mass is 19.1. The minimum absolute atomic E-state index is 0.0916. The van der Waals surface area contributed by atoms with Crippen LogP contribution in [0.15, 0.2) is 30.5 Å². The second-order valence-electron chi connectivity index (χ2n) is 5.43. The second-order valence-corrected chi connectivity index (χ2v) is 5.43. The molecule has 6 nitrogen and oxygen atoms in total.